The molecule has 2 aliphatic rings. The Kier molecular flexibility index (Phi) is 6.54. The summed E-state index contributed by atoms with van der Waals surface area (Å²) in [4.78, 5) is 35.3. The number of aliphatic imine (C=N–C) groups is 1. The average Bonchev–Trinajstić information content (AvgIpc) is 3.69. The molecule has 2 amide bonds. The molecule has 0 saturated heterocycles. The van der Waals surface area contributed by atoms with Gasteiger partial charge in [-0.25, -0.2) is 14.4 Å². The lowest BCUT2D eigenvalue weighted by Gasteiger charge is -2.15. The Hall–Kier alpha value is -4.93. The van der Waals surface area contributed by atoms with E-state index in [1.54, 1.807) is 42.5 Å². The first-order valence-electron chi connectivity index (χ1n) is 13.0. The molecule has 1 atom stereocenters. The van der Waals surface area contributed by atoms with Crippen molar-refractivity contribution in [3.63, 3.8) is 0 Å². The minimum atomic E-state index is -1.40. The maximum absolute atomic E-state index is 15.2. The number of benzene rings is 2. The van der Waals surface area contributed by atoms with E-state index in [2.05, 4.69) is 31.0 Å². The van der Waals surface area contributed by atoms with Gasteiger partial charge in [0, 0.05) is 23.7 Å². The molecular formula is C29H25F2N7O2. The van der Waals surface area contributed by atoms with Crippen molar-refractivity contribution in [2.24, 2.45) is 4.99 Å². The minimum absolute atomic E-state index is 0.0283. The molecule has 1 aliphatic heterocycles. The van der Waals surface area contributed by atoms with Crippen molar-refractivity contribution < 1.29 is 18.4 Å². The summed E-state index contributed by atoms with van der Waals surface area (Å²) in [6.07, 6.45) is 1.94. The summed E-state index contributed by atoms with van der Waals surface area (Å²) in [6, 6.07) is 16.9. The number of aromatic nitrogens is 3. The van der Waals surface area contributed by atoms with Crippen LogP contribution in [0.1, 0.15) is 41.3 Å². The highest BCUT2D eigenvalue weighted by Gasteiger charge is 2.31. The number of pyridine rings is 1. The van der Waals surface area contributed by atoms with Gasteiger partial charge in [-0.05, 0) is 38.0 Å². The van der Waals surface area contributed by atoms with Crippen LogP contribution in [0.15, 0.2) is 71.9 Å². The lowest BCUT2D eigenvalue weighted by molar-refractivity contribution is -0.117. The second-order valence-corrected chi connectivity index (χ2v) is 9.55. The van der Waals surface area contributed by atoms with Crippen molar-refractivity contribution in [2.75, 3.05) is 10.6 Å². The van der Waals surface area contributed by atoms with Crippen LogP contribution in [0.25, 0.3) is 11.3 Å². The molecule has 2 aromatic carbocycles. The van der Waals surface area contributed by atoms with E-state index >= 15 is 4.39 Å². The van der Waals surface area contributed by atoms with Gasteiger partial charge in [-0.15, -0.1) is 0 Å². The molecule has 6 rings (SSSR count). The monoisotopic (exact) mass is 541 g/mol. The number of aryl methyl sites for hydroxylation is 1. The number of carbonyl (C=O) groups excluding carboxylic acids is 2. The minimum Gasteiger partial charge on any atom is -0.367 e. The van der Waals surface area contributed by atoms with Gasteiger partial charge in [-0.3, -0.25) is 14.3 Å². The van der Waals surface area contributed by atoms with Crippen LogP contribution >= 0.6 is 0 Å². The summed E-state index contributed by atoms with van der Waals surface area (Å²) >= 11 is 0. The van der Waals surface area contributed by atoms with Crippen LogP contribution < -0.4 is 16.0 Å². The number of nitrogens with one attached hydrogen (secondary N) is 3. The zero-order valence-electron chi connectivity index (χ0n) is 21.5. The molecule has 1 saturated carbocycles. The molecule has 4 aromatic rings. The van der Waals surface area contributed by atoms with Crippen molar-refractivity contribution in [3.8, 4) is 11.3 Å². The third kappa shape index (κ3) is 4.81. The Morgan fingerprint density at radius 1 is 1.05 bits per heavy atom. The standard InChI is InChI=1S/C29H25F2N7O2/c1-2-38-25(19-13-14-22(34-26(19)31)33-17-11-12-17)20(15-32-38)28(39)37-27-29(40)36-24-18(9-6-10-21(24)30)23(35-27)16-7-4-3-5-8-16/h3-10,13-15,17,27H,2,11-12H2,1H3,(H,33,34)(H,36,40)(H,37,39)/t27-/m1/s1. The van der Waals surface area contributed by atoms with Gasteiger partial charge in [0.2, 0.25) is 12.1 Å². The summed E-state index contributed by atoms with van der Waals surface area (Å²) in [5.74, 6) is -2.38. The molecule has 9 nitrogen and oxygen atoms in total. The quantitative estimate of drug-likeness (QED) is 0.301. The molecular weight excluding hydrogens is 516 g/mol. The number of rotatable bonds is 7. The molecule has 202 valence electrons. The predicted molar refractivity (Wildman–Crippen MR) is 146 cm³/mol. The van der Waals surface area contributed by atoms with Gasteiger partial charge in [-0.2, -0.15) is 9.49 Å². The number of fused-ring (bicyclic) bond motifs is 1. The van der Waals surface area contributed by atoms with Crippen LogP contribution in [0.3, 0.4) is 0 Å². The molecule has 0 unspecified atom stereocenters. The highest BCUT2D eigenvalue weighted by atomic mass is 19.1. The fraction of sp³-hybridized carbons (Fsp3) is 0.207. The lowest BCUT2D eigenvalue weighted by Crippen LogP contribution is -2.42. The molecule has 1 fully saturated rings. The smallest absolute Gasteiger partial charge is 0.269 e. The zero-order chi connectivity index (χ0) is 27.8. The van der Waals surface area contributed by atoms with Gasteiger partial charge in [0.15, 0.2) is 0 Å². The van der Waals surface area contributed by atoms with Crippen molar-refractivity contribution in [2.45, 2.75) is 38.5 Å². The number of amides is 2. The van der Waals surface area contributed by atoms with Crippen LogP contribution in [0.2, 0.25) is 0 Å². The Morgan fingerprint density at radius 3 is 2.58 bits per heavy atom. The van der Waals surface area contributed by atoms with Crippen LogP contribution in [-0.4, -0.2) is 44.5 Å². The van der Waals surface area contributed by atoms with E-state index in [-0.39, 0.29) is 22.5 Å². The molecule has 0 radical (unpaired) electrons. The second kappa shape index (κ2) is 10.3. The SMILES string of the molecule is CCn1ncc(C(=O)N[C@H]2N=C(c3ccccc3)c3cccc(F)c3NC2=O)c1-c1ccc(NC2CC2)nc1F. The number of anilines is 2. The second-order valence-electron chi connectivity index (χ2n) is 9.55. The van der Waals surface area contributed by atoms with E-state index in [9.17, 15) is 14.0 Å². The fourth-order valence-corrected chi connectivity index (χ4v) is 4.63. The number of benzodiazepines with no additional fused rings is 1. The molecule has 1 aliphatic carbocycles. The number of hydrogen-bond acceptors (Lipinski definition) is 6. The summed E-state index contributed by atoms with van der Waals surface area (Å²) in [6.45, 7) is 2.17. The summed E-state index contributed by atoms with van der Waals surface area (Å²) in [5, 5.41) is 12.6. The van der Waals surface area contributed by atoms with Gasteiger partial charge in [0.05, 0.1) is 34.4 Å². The molecule has 40 heavy (non-hydrogen) atoms. The normalized spacial score (nSPS) is 16.4. The Labute approximate surface area is 228 Å². The summed E-state index contributed by atoms with van der Waals surface area (Å²) in [5.41, 5.74) is 1.68. The van der Waals surface area contributed by atoms with Gasteiger partial charge < -0.3 is 16.0 Å². The van der Waals surface area contributed by atoms with Gasteiger partial charge >= 0.3 is 0 Å². The molecule has 0 bridgehead atoms. The maximum atomic E-state index is 15.2. The van der Waals surface area contributed by atoms with Crippen molar-refractivity contribution in [3.05, 3.63) is 95.3 Å². The molecule has 11 heteroatoms. The number of para-hydroxylation sites is 1. The lowest BCUT2D eigenvalue weighted by atomic mass is 10.0. The van der Waals surface area contributed by atoms with Gasteiger partial charge in [0.25, 0.3) is 11.8 Å². The first kappa shape index (κ1) is 25.4. The summed E-state index contributed by atoms with van der Waals surface area (Å²) in [7, 11) is 0. The Balaban J connectivity index is 1.36. The zero-order valence-corrected chi connectivity index (χ0v) is 21.5. The van der Waals surface area contributed by atoms with Crippen LogP contribution in [0, 0.1) is 11.8 Å². The summed E-state index contributed by atoms with van der Waals surface area (Å²) < 4.78 is 31.5. The largest absolute Gasteiger partial charge is 0.367 e. The van der Waals surface area contributed by atoms with Crippen molar-refractivity contribution >= 4 is 29.0 Å². The molecule has 0 spiro atoms. The third-order valence-electron chi connectivity index (χ3n) is 6.76. The predicted octanol–water partition coefficient (Wildman–Crippen LogP) is 4.36. The maximum Gasteiger partial charge on any atom is 0.269 e. The van der Waals surface area contributed by atoms with E-state index in [1.165, 1.54) is 23.0 Å². The van der Waals surface area contributed by atoms with E-state index in [4.69, 9.17) is 0 Å². The van der Waals surface area contributed by atoms with Gasteiger partial charge in [0.1, 0.15) is 11.6 Å². The van der Waals surface area contributed by atoms with E-state index in [1.807, 2.05) is 13.0 Å². The fourth-order valence-electron chi connectivity index (χ4n) is 4.63. The first-order valence-corrected chi connectivity index (χ1v) is 13.0. The van der Waals surface area contributed by atoms with Gasteiger partial charge in [-0.1, -0.05) is 42.5 Å². The van der Waals surface area contributed by atoms with Crippen molar-refractivity contribution in [1.82, 2.24) is 20.1 Å². The van der Waals surface area contributed by atoms with Crippen LogP contribution in [0.4, 0.5) is 20.3 Å². The van der Waals surface area contributed by atoms with E-state index in [0.29, 0.717) is 35.2 Å². The first-order chi connectivity index (χ1) is 19.4. The number of carbonyl (C=O) groups is 2. The van der Waals surface area contributed by atoms with E-state index < -0.39 is 29.7 Å². The van der Waals surface area contributed by atoms with Crippen LogP contribution in [0.5, 0.6) is 0 Å². The average molecular weight is 542 g/mol. The number of hydrogen-bond donors (Lipinski definition) is 3. The molecule has 3 N–H and O–H groups in total. The third-order valence-corrected chi connectivity index (χ3v) is 6.76. The molecule has 2 aromatic heterocycles. The van der Waals surface area contributed by atoms with E-state index in [0.717, 1.165) is 12.8 Å². The Morgan fingerprint density at radius 2 is 1.85 bits per heavy atom. The van der Waals surface area contributed by atoms with Crippen LogP contribution in [-0.2, 0) is 11.3 Å². The Bertz CT molecular complexity index is 1650. The number of nitrogens with zero attached hydrogens (tertiary/aromatic N) is 4. The molecule has 3 heterocycles. The topological polar surface area (TPSA) is 113 Å². The number of halogens is 2. The van der Waals surface area contributed by atoms with Crippen molar-refractivity contribution in [1.29, 1.82) is 0 Å². The highest BCUT2D eigenvalue weighted by Crippen LogP contribution is 2.30. The highest BCUT2D eigenvalue weighted by molar-refractivity contribution is 6.20.